The number of hydrogen-bond acceptors (Lipinski definition) is 2. The second-order valence-electron chi connectivity index (χ2n) is 1.84. The van der Waals surface area contributed by atoms with Crippen molar-refractivity contribution in [2.45, 2.75) is 25.8 Å². The highest BCUT2D eigenvalue weighted by molar-refractivity contribution is 4.50. The summed E-state index contributed by atoms with van der Waals surface area (Å²) in [7, 11) is 0. The SMILES string of the molecule is C[C@H](N)CCCO. The summed E-state index contributed by atoms with van der Waals surface area (Å²) in [4.78, 5) is 0. The van der Waals surface area contributed by atoms with E-state index >= 15 is 0 Å². The van der Waals surface area contributed by atoms with E-state index in [1.807, 2.05) is 6.92 Å². The predicted octanol–water partition coefficient (Wildman–Crippen LogP) is 0.106. The van der Waals surface area contributed by atoms with E-state index in [9.17, 15) is 0 Å². The van der Waals surface area contributed by atoms with Gasteiger partial charge in [-0.05, 0) is 19.8 Å². The molecule has 3 N–H and O–H groups in total. The van der Waals surface area contributed by atoms with Crippen molar-refractivity contribution in [3.63, 3.8) is 0 Å². The van der Waals surface area contributed by atoms with Gasteiger partial charge in [0.2, 0.25) is 0 Å². The highest BCUT2D eigenvalue weighted by Crippen LogP contribution is 1.89. The van der Waals surface area contributed by atoms with Crippen LogP contribution in [-0.2, 0) is 0 Å². The van der Waals surface area contributed by atoms with Gasteiger partial charge in [0.25, 0.3) is 0 Å². The highest BCUT2D eigenvalue weighted by atomic mass is 16.2. The third kappa shape index (κ3) is 5.92. The van der Waals surface area contributed by atoms with Crippen LogP contribution in [0, 0.1) is 0 Å². The molecule has 0 aliphatic heterocycles. The Balaban J connectivity index is 2.68. The van der Waals surface area contributed by atoms with Gasteiger partial charge >= 0.3 is 0 Å². The van der Waals surface area contributed by atoms with E-state index in [1.54, 1.807) is 0 Å². The minimum Gasteiger partial charge on any atom is -0.396 e. The van der Waals surface area contributed by atoms with Crippen LogP contribution in [0.4, 0.5) is 0 Å². The molecule has 44 valence electrons. The van der Waals surface area contributed by atoms with E-state index < -0.39 is 0 Å². The monoisotopic (exact) mass is 103 g/mol. The van der Waals surface area contributed by atoms with Crippen molar-refractivity contribution in [3.05, 3.63) is 0 Å². The van der Waals surface area contributed by atoms with Gasteiger partial charge in [0.1, 0.15) is 0 Å². The maximum atomic E-state index is 8.26. The molecule has 0 bridgehead atoms. The van der Waals surface area contributed by atoms with Gasteiger partial charge in [-0.2, -0.15) is 0 Å². The molecule has 7 heavy (non-hydrogen) atoms. The lowest BCUT2D eigenvalue weighted by atomic mass is 10.2. The molecular formula is C5H13NO. The van der Waals surface area contributed by atoms with Crippen molar-refractivity contribution in [2.75, 3.05) is 6.61 Å². The Morgan fingerprint density at radius 1 is 1.71 bits per heavy atom. The highest BCUT2D eigenvalue weighted by Gasteiger charge is 1.89. The number of aliphatic hydroxyl groups excluding tert-OH is 1. The van der Waals surface area contributed by atoms with Crippen molar-refractivity contribution in [1.29, 1.82) is 0 Å². The zero-order valence-corrected chi connectivity index (χ0v) is 4.72. The predicted molar refractivity (Wildman–Crippen MR) is 30.0 cm³/mol. The topological polar surface area (TPSA) is 46.2 Å². The Bertz CT molecular complexity index is 37.1. The van der Waals surface area contributed by atoms with Crippen LogP contribution >= 0.6 is 0 Å². The van der Waals surface area contributed by atoms with Gasteiger partial charge in [-0.25, -0.2) is 0 Å². The molecule has 1 atom stereocenters. The quantitative estimate of drug-likeness (QED) is 0.532. The molecule has 2 nitrogen and oxygen atoms in total. The lowest BCUT2D eigenvalue weighted by Gasteiger charge is -1.99. The first-order valence-corrected chi connectivity index (χ1v) is 2.64. The van der Waals surface area contributed by atoms with Crippen LogP contribution in [0.5, 0.6) is 0 Å². The number of rotatable bonds is 3. The van der Waals surface area contributed by atoms with Crippen LogP contribution in [-0.4, -0.2) is 17.8 Å². The Kier molecular flexibility index (Phi) is 4.04. The Morgan fingerprint density at radius 2 is 2.29 bits per heavy atom. The largest absolute Gasteiger partial charge is 0.396 e. The lowest BCUT2D eigenvalue weighted by Crippen LogP contribution is -2.14. The van der Waals surface area contributed by atoms with E-state index in [4.69, 9.17) is 10.8 Å². The third-order valence-electron chi connectivity index (χ3n) is 0.818. The van der Waals surface area contributed by atoms with Crippen molar-refractivity contribution in [3.8, 4) is 0 Å². The summed E-state index contributed by atoms with van der Waals surface area (Å²) in [6.45, 7) is 2.21. The van der Waals surface area contributed by atoms with Crippen LogP contribution in [0.25, 0.3) is 0 Å². The summed E-state index contributed by atoms with van der Waals surface area (Å²) < 4.78 is 0. The van der Waals surface area contributed by atoms with Crippen LogP contribution < -0.4 is 5.73 Å². The van der Waals surface area contributed by atoms with Gasteiger partial charge in [-0.1, -0.05) is 0 Å². The average Bonchev–Trinajstić information content (AvgIpc) is 1.61. The van der Waals surface area contributed by atoms with Crippen molar-refractivity contribution >= 4 is 0 Å². The fourth-order valence-corrected chi connectivity index (χ4v) is 0.413. The third-order valence-corrected chi connectivity index (χ3v) is 0.818. The van der Waals surface area contributed by atoms with Crippen LogP contribution in [0.1, 0.15) is 19.8 Å². The molecule has 0 aromatic carbocycles. The van der Waals surface area contributed by atoms with E-state index in [0.717, 1.165) is 12.8 Å². The molecule has 0 saturated carbocycles. The van der Waals surface area contributed by atoms with Crippen LogP contribution in [0.15, 0.2) is 0 Å². The molecule has 0 aliphatic rings. The molecular weight excluding hydrogens is 90.1 g/mol. The first kappa shape index (κ1) is 6.92. The van der Waals surface area contributed by atoms with E-state index in [2.05, 4.69) is 0 Å². The Hall–Kier alpha value is -0.0800. The van der Waals surface area contributed by atoms with Crippen molar-refractivity contribution in [2.24, 2.45) is 5.73 Å². The number of hydrogen-bond donors (Lipinski definition) is 2. The zero-order chi connectivity index (χ0) is 5.70. The summed E-state index contributed by atoms with van der Waals surface area (Å²) in [5, 5.41) is 8.26. The fraction of sp³-hybridized carbons (Fsp3) is 1.00. The number of nitrogens with two attached hydrogens (primary N) is 1. The number of aliphatic hydroxyl groups is 1. The van der Waals surface area contributed by atoms with Crippen molar-refractivity contribution < 1.29 is 5.11 Å². The molecule has 0 heterocycles. The first-order valence-electron chi connectivity index (χ1n) is 2.64. The molecule has 0 aromatic heterocycles. The Labute approximate surface area is 44.3 Å². The van der Waals surface area contributed by atoms with E-state index in [1.165, 1.54) is 0 Å². The molecule has 0 radical (unpaired) electrons. The van der Waals surface area contributed by atoms with Gasteiger partial charge in [-0.15, -0.1) is 0 Å². The summed E-state index contributed by atoms with van der Waals surface area (Å²) in [5.74, 6) is 0. The maximum absolute atomic E-state index is 8.26. The summed E-state index contributed by atoms with van der Waals surface area (Å²) >= 11 is 0. The molecule has 0 rings (SSSR count). The van der Waals surface area contributed by atoms with E-state index in [0.29, 0.717) is 0 Å². The van der Waals surface area contributed by atoms with Gasteiger partial charge in [0, 0.05) is 12.6 Å². The lowest BCUT2D eigenvalue weighted by molar-refractivity contribution is 0.281. The van der Waals surface area contributed by atoms with Gasteiger partial charge in [0.15, 0.2) is 0 Å². The van der Waals surface area contributed by atoms with Gasteiger partial charge in [0.05, 0.1) is 0 Å². The minimum atomic E-state index is 0.243. The molecule has 0 fully saturated rings. The molecule has 0 unspecified atom stereocenters. The fourth-order valence-electron chi connectivity index (χ4n) is 0.413. The van der Waals surface area contributed by atoms with Gasteiger partial charge < -0.3 is 10.8 Å². The first-order chi connectivity index (χ1) is 3.27. The molecule has 0 amide bonds. The minimum absolute atomic E-state index is 0.243. The van der Waals surface area contributed by atoms with E-state index in [-0.39, 0.29) is 12.6 Å². The summed E-state index contributed by atoms with van der Waals surface area (Å²) in [5.41, 5.74) is 5.37. The second kappa shape index (κ2) is 4.09. The van der Waals surface area contributed by atoms with Crippen molar-refractivity contribution in [1.82, 2.24) is 0 Å². The van der Waals surface area contributed by atoms with Gasteiger partial charge in [-0.3, -0.25) is 0 Å². The summed E-state index contributed by atoms with van der Waals surface area (Å²) in [6.07, 6.45) is 1.76. The van der Waals surface area contributed by atoms with Crippen LogP contribution in [0.2, 0.25) is 0 Å². The molecule has 0 aromatic rings. The normalized spacial score (nSPS) is 14.1. The maximum Gasteiger partial charge on any atom is 0.0431 e. The zero-order valence-electron chi connectivity index (χ0n) is 4.72. The van der Waals surface area contributed by atoms with Crippen LogP contribution in [0.3, 0.4) is 0 Å². The molecule has 2 heteroatoms. The summed E-state index contributed by atoms with van der Waals surface area (Å²) in [6, 6.07) is 0.243. The second-order valence-corrected chi connectivity index (χ2v) is 1.84. The molecule has 0 saturated heterocycles. The average molecular weight is 103 g/mol. The molecule has 0 spiro atoms. The smallest absolute Gasteiger partial charge is 0.0431 e. The standard InChI is InChI=1S/C5H13NO/c1-5(6)3-2-4-7/h5,7H,2-4,6H2,1H3/t5-/m0/s1. The molecule has 0 aliphatic carbocycles. The Morgan fingerprint density at radius 3 is 2.43 bits per heavy atom.